The van der Waals surface area contributed by atoms with Crippen molar-refractivity contribution in [2.45, 2.75) is 64.5 Å². The summed E-state index contributed by atoms with van der Waals surface area (Å²) in [6.07, 6.45) is 3.96. The summed E-state index contributed by atoms with van der Waals surface area (Å²) in [4.78, 5) is 23.6. The second-order valence-electron chi connectivity index (χ2n) is 14.5. The highest BCUT2D eigenvalue weighted by molar-refractivity contribution is 5.96. The topological polar surface area (TPSA) is 94.2 Å². The number of ether oxygens (including phenoxy) is 3. The molecule has 2 aliphatic heterocycles. The number of rotatable bonds is 12. The van der Waals surface area contributed by atoms with Crippen LogP contribution in [0.1, 0.15) is 64.3 Å². The van der Waals surface area contributed by atoms with Crippen molar-refractivity contribution in [1.82, 2.24) is 19.4 Å². The number of carbonyl (C=O) groups is 1. The monoisotopic (exact) mass is 705 g/mol. The number of hydrogen-bond donors (Lipinski definition) is 1. The minimum atomic E-state index is -0.140. The lowest BCUT2D eigenvalue weighted by molar-refractivity contribution is 0.0779. The number of benzene rings is 3. The van der Waals surface area contributed by atoms with Crippen LogP contribution in [0.25, 0.3) is 11.0 Å². The molecule has 4 heterocycles. The number of furan rings is 1. The number of anilines is 1. The molecule has 0 bridgehead atoms. The summed E-state index contributed by atoms with van der Waals surface area (Å²) in [5, 5.41) is 3.80. The molecule has 2 aliphatic rings. The summed E-state index contributed by atoms with van der Waals surface area (Å²) in [5.74, 6) is 4.15. The molecule has 52 heavy (non-hydrogen) atoms. The van der Waals surface area contributed by atoms with Gasteiger partial charge >= 0.3 is 0 Å². The minimum Gasteiger partial charge on any atom is -0.493 e. The molecule has 5 aromatic rings. The van der Waals surface area contributed by atoms with E-state index >= 15 is 0 Å². The predicted octanol–water partition coefficient (Wildman–Crippen LogP) is 7.38. The third kappa shape index (κ3) is 7.08. The van der Waals surface area contributed by atoms with Crippen LogP contribution < -0.4 is 19.5 Å². The van der Waals surface area contributed by atoms with Crippen LogP contribution in [0.4, 0.5) is 5.95 Å². The molecular formula is C42H51N5O5. The Morgan fingerprint density at radius 1 is 0.904 bits per heavy atom. The van der Waals surface area contributed by atoms with Crippen LogP contribution in [0, 0.1) is 20.8 Å². The molecule has 1 N–H and O–H groups in total. The molecule has 2 aromatic heterocycles. The number of carbonyl (C=O) groups excluding carboxylic acids is 1. The van der Waals surface area contributed by atoms with E-state index in [0.717, 1.165) is 73.8 Å². The molecule has 1 amide bonds. The molecule has 274 valence electrons. The lowest BCUT2D eigenvalue weighted by Crippen LogP contribution is -2.42. The molecule has 0 saturated carbocycles. The standard InChI is InChI=1S/C42H51N5O5/c1-28-11-13-32(23-29(28)2)42(18-22-46(27-42)40(48)31-24-37(49-4)39(51-6)38(25-31)50-5)17-21-45-19-15-33(16-20-45)43-41-44-35-9-7-8-10-36(35)47(41)26-34-14-12-30(3)52-34/h7-14,23-25,33H,15-22,26-27H2,1-6H3,(H,43,44). The van der Waals surface area contributed by atoms with Gasteiger partial charge in [-0.3, -0.25) is 4.79 Å². The van der Waals surface area contributed by atoms with Crippen LogP contribution in [-0.2, 0) is 12.0 Å². The summed E-state index contributed by atoms with van der Waals surface area (Å²) in [6.45, 7) is 11.3. The van der Waals surface area contributed by atoms with E-state index in [0.29, 0.717) is 48.5 Å². The zero-order valence-corrected chi connectivity index (χ0v) is 31.3. The number of para-hydroxylation sites is 2. The number of imidazole rings is 1. The first-order valence-corrected chi connectivity index (χ1v) is 18.4. The first kappa shape index (κ1) is 35.4. The maximum absolute atomic E-state index is 14.0. The Kier molecular flexibility index (Phi) is 10.2. The van der Waals surface area contributed by atoms with E-state index in [4.69, 9.17) is 23.6 Å². The van der Waals surface area contributed by atoms with Gasteiger partial charge in [0.15, 0.2) is 11.5 Å². The van der Waals surface area contributed by atoms with Gasteiger partial charge in [-0.15, -0.1) is 0 Å². The van der Waals surface area contributed by atoms with Crippen molar-refractivity contribution in [2.24, 2.45) is 0 Å². The Hall–Kier alpha value is -4.96. The third-order valence-electron chi connectivity index (χ3n) is 11.3. The normalized spacial score (nSPS) is 18.2. The van der Waals surface area contributed by atoms with E-state index < -0.39 is 0 Å². The van der Waals surface area contributed by atoms with Crippen LogP contribution in [-0.4, -0.2) is 85.4 Å². The van der Waals surface area contributed by atoms with Gasteiger partial charge in [0.1, 0.15) is 11.5 Å². The quantitative estimate of drug-likeness (QED) is 0.144. The zero-order chi connectivity index (χ0) is 36.4. The molecule has 10 nitrogen and oxygen atoms in total. The smallest absolute Gasteiger partial charge is 0.254 e. The molecule has 1 atom stereocenters. The van der Waals surface area contributed by atoms with Crippen LogP contribution in [0.15, 0.2) is 71.1 Å². The second-order valence-corrected chi connectivity index (χ2v) is 14.5. The van der Waals surface area contributed by atoms with Crippen molar-refractivity contribution in [3.05, 3.63) is 101 Å². The van der Waals surface area contributed by atoms with Crippen LogP contribution in [0.2, 0.25) is 0 Å². The maximum Gasteiger partial charge on any atom is 0.254 e. The third-order valence-corrected chi connectivity index (χ3v) is 11.3. The van der Waals surface area contributed by atoms with Crippen molar-refractivity contribution in [2.75, 3.05) is 59.4 Å². The minimum absolute atomic E-state index is 0.0231. The number of hydrogen-bond acceptors (Lipinski definition) is 8. The van der Waals surface area contributed by atoms with Crippen molar-refractivity contribution >= 4 is 22.9 Å². The van der Waals surface area contributed by atoms with Gasteiger partial charge in [0, 0.05) is 43.2 Å². The molecule has 0 spiro atoms. The SMILES string of the molecule is COc1cc(C(=O)N2CCC(CCN3CCC(Nc4nc5ccccc5n4Cc4ccc(C)o4)CC3)(c3ccc(C)c(C)c3)C2)cc(OC)c1OC. The van der Waals surface area contributed by atoms with Gasteiger partial charge in [-0.2, -0.15) is 0 Å². The number of nitrogens with one attached hydrogen (secondary N) is 1. The Morgan fingerprint density at radius 2 is 1.65 bits per heavy atom. The fraction of sp³-hybridized carbons (Fsp3) is 0.429. The number of methoxy groups -OCH3 is 3. The largest absolute Gasteiger partial charge is 0.493 e. The Labute approximate surface area is 306 Å². The van der Waals surface area contributed by atoms with Gasteiger partial charge in [-0.1, -0.05) is 30.3 Å². The molecule has 0 radical (unpaired) electrons. The molecule has 10 heteroatoms. The first-order valence-electron chi connectivity index (χ1n) is 18.4. The molecule has 7 rings (SSSR count). The molecule has 0 aliphatic carbocycles. The Balaban J connectivity index is 1.04. The van der Waals surface area contributed by atoms with Crippen molar-refractivity contribution in [1.29, 1.82) is 0 Å². The lowest BCUT2D eigenvalue weighted by atomic mass is 9.75. The van der Waals surface area contributed by atoms with Crippen LogP contribution in [0.5, 0.6) is 17.2 Å². The average Bonchev–Trinajstić information content (AvgIpc) is 3.89. The van der Waals surface area contributed by atoms with Gasteiger partial charge < -0.3 is 38.3 Å². The number of likely N-dealkylation sites (tertiary alicyclic amines) is 2. The van der Waals surface area contributed by atoms with Gasteiger partial charge in [0.25, 0.3) is 5.91 Å². The second kappa shape index (κ2) is 14.9. The number of nitrogens with zero attached hydrogens (tertiary/aromatic N) is 4. The van der Waals surface area contributed by atoms with Gasteiger partial charge in [-0.05, 0) is 106 Å². The molecule has 3 aromatic carbocycles. The van der Waals surface area contributed by atoms with Gasteiger partial charge in [0.05, 0.1) is 38.9 Å². The summed E-state index contributed by atoms with van der Waals surface area (Å²) in [5.41, 5.74) is 6.36. The van der Waals surface area contributed by atoms with Gasteiger partial charge in [-0.25, -0.2) is 4.98 Å². The Bertz CT molecular complexity index is 2020. The number of fused-ring (bicyclic) bond motifs is 1. The van der Waals surface area contributed by atoms with E-state index in [1.54, 1.807) is 33.5 Å². The van der Waals surface area contributed by atoms with E-state index in [-0.39, 0.29) is 11.3 Å². The first-order chi connectivity index (χ1) is 25.2. The highest BCUT2D eigenvalue weighted by Gasteiger charge is 2.42. The highest BCUT2D eigenvalue weighted by atomic mass is 16.5. The number of aryl methyl sites for hydroxylation is 3. The van der Waals surface area contributed by atoms with E-state index in [2.05, 4.69) is 65.0 Å². The highest BCUT2D eigenvalue weighted by Crippen LogP contribution is 2.42. The number of amides is 1. The number of piperidine rings is 1. The molecule has 2 saturated heterocycles. The van der Waals surface area contributed by atoms with Crippen molar-refractivity contribution in [3.8, 4) is 17.2 Å². The fourth-order valence-electron chi connectivity index (χ4n) is 8.02. The fourth-order valence-corrected chi connectivity index (χ4v) is 8.02. The lowest BCUT2D eigenvalue weighted by Gasteiger charge is -2.36. The summed E-state index contributed by atoms with van der Waals surface area (Å²) in [7, 11) is 4.72. The van der Waals surface area contributed by atoms with E-state index in [1.807, 2.05) is 30.0 Å². The van der Waals surface area contributed by atoms with Crippen LogP contribution >= 0.6 is 0 Å². The molecule has 1 unspecified atom stereocenters. The van der Waals surface area contributed by atoms with Crippen molar-refractivity contribution in [3.63, 3.8) is 0 Å². The maximum atomic E-state index is 14.0. The summed E-state index contributed by atoms with van der Waals surface area (Å²) >= 11 is 0. The Morgan fingerprint density at radius 3 is 2.33 bits per heavy atom. The summed E-state index contributed by atoms with van der Waals surface area (Å²) in [6, 6.07) is 23.0. The average molecular weight is 706 g/mol. The molecular weight excluding hydrogens is 654 g/mol. The number of aromatic nitrogens is 2. The van der Waals surface area contributed by atoms with Crippen LogP contribution in [0.3, 0.4) is 0 Å². The zero-order valence-electron chi connectivity index (χ0n) is 31.3. The van der Waals surface area contributed by atoms with Gasteiger partial charge in [0.2, 0.25) is 11.7 Å². The van der Waals surface area contributed by atoms with E-state index in [1.165, 1.54) is 16.7 Å². The summed E-state index contributed by atoms with van der Waals surface area (Å²) < 4.78 is 24.8. The molecule has 2 fully saturated rings. The predicted molar refractivity (Wildman–Crippen MR) is 204 cm³/mol. The van der Waals surface area contributed by atoms with E-state index in [9.17, 15) is 4.79 Å². The van der Waals surface area contributed by atoms with Crippen molar-refractivity contribution < 1.29 is 23.4 Å².